The molecule has 1 amide bonds. The topological polar surface area (TPSA) is 41.6 Å². The number of ether oxygens (including phenoxy) is 1. The molecule has 4 aliphatic rings. The molecule has 3 heterocycles. The minimum atomic E-state index is -4.36. The van der Waals surface area contributed by atoms with Crippen LogP contribution in [-0.2, 0) is 28.7 Å². The molecule has 0 aromatic heterocycles. The molecule has 2 unspecified atom stereocenters. The molecule has 3 fully saturated rings. The van der Waals surface area contributed by atoms with Crippen LogP contribution in [0.1, 0.15) is 55.7 Å². The molecular formula is C23H29F3N2O2. The third-order valence-electron chi connectivity index (χ3n) is 8.08. The number of alkyl halides is 3. The van der Waals surface area contributed by atoms with Crippen LogP contribution in [0.3, 0.4) is 0 Å². The van der Waals surface area contributed by atoms with E-state index in [1.165, 1.54) is 12.1 Å². The molecule has 4 nitrogen and oxygen atoms in total. The molecule has 3 aliphatic heterocycles. The van der Waals surface area contributed by atoms with Crippen LogP contribution >= 0.6 is 0 Å². The Morgan fingerprint density at radius 3 is 2.63 bits per heavy atom. The summed E-state index contributed by atoms with van der Waals surface area (Å²) in [6.45, 7) is 4.05. The maximum Gasteiger partial charge on any atom is 0.416 e. The minimum Gasteiger partial charge on any atom is -0.381 e. The Kier molecular flexibility index (Phi) is 4.89. The number of halogens is 3. The molecule has 2 saturated heterocycles. The molecule has 4 atom stereocenters. The van der Waals surface area contributed by atoms with E-state index < -0.39 is 11.7 Å². The van der Waals surface area contributed by atoms with Crippen molar-refractivity contribution in [3.05, 3.63) is 34.9 Å². The fourth-order valence-electron chi connectivity index (χ4n) is 6.33. The molecule has 30 heavy (non-hydrogen) atoms. The second kappa shape index (κ2) is 7.23. The quantitative estimate of drug-likeness (QED) is 0.786. The zero-order valence-electron chi connectivity index (χ0n) is 17.3. The van der Waals surface area contributed by atoms with Crippen molar-refractivity contribution in [3.8, 4) is 0 Å². The first-order valence-corrected chi connectivity index (χ1v) is 11.1. The lowest BCUT2D eigenvalue weighted by Crippen LogP contribution is -2.42. The van der Waals surface area contributed by atoms with Gasteiger partial charge in [-0.1, -0.05) is 13.0 Å². The fourth-order valence-corrected chi connectivity index (χ4v) is 6.33. The molecule has 0 radical (unpaired) electrons. The second-order valence-corrected chi connectivity index (χ2v) is 9.62. The molecule has 1 aliphatic carbocycles. The Morgan fingerprint density at radius 2 is 1.90 bits per heavy atom. The molecular weight excluding hydrogens is 393 g/mol. The number of carbonyl (C=O) groups excluding carboxylic acids is 1. The summed E-state index contributed by atoms with van der Waals surface area (Å²) in [6, 6.07) is 4.90. The number of nitrogens with one attached hydrogen (secondary N) is 1. The number of carbonyl (C=O) groups is 1. The smallest absolute Gasteiger partial charge is 0.381 e. The minimum absolute atomic E-state index is 0.0866. The van der Waals surface area contributed by atoms with E-state index in [-0.39, 0.29) is 23.3 Å². The Hall–Kier alpha value is -1.60. The number of amides is 1. The first kappa shape index (κ1) is 20.3. The highest BCUT2D eigenvalue weighted by Crippen LogP contribution is 2.54. The summed E-state index contributed by atoms with van der Waals surface area (Å²) in [5.41, 5.74) is 0.600. The van der Waals surface area contributed by atoms with E-state index in [2.05, 4.69) is 12.2 Å². The van der Waals surface area contributed by atoms with Gasteiger partial charge in [0.2, 0.25) is 5.91 Å². The third kappa shape index (κ3) is 3.25. The highest BCUT2D eigenvalue weighted by atomic mass is 19.4. The number of rotatable bonds is 2. The van der Waals surface area contributed by atoms with Crippen molar-refractivity contribution < 1.29 is 22.7 Å². The summed E-state index contributed by atoms with van der Waals surface area (Å²) in [5, 5.41) is 3.76. The van der Waals surface area contributed by atoms with Crippen LogP contribution < -0.4 is 5.32 Å². The van der Waals surface area contributed by atoms with Gasteiger partial charge in [0.25, 0.3) is 0 Å². The molecule has 0 bridgehead atoms. The van der Waals surface area contributed by atoms with Gasteiger partial charge in [-0.3, -0.25) is 4.79 Å². The lowest BCUT2D eigenvalue weighted by molar-refractivity contribution is -0.137. The largest absolute Gasteiger partial charge is 0.416 e. The average Bonchev–Trinajstić information content (AvgIpc) is 3.23. The van der Waals surface area contributed by atoms with E-state index in [0.717, 1.165) is 50.9 Å². The molecule has 1 aromatic rings. The zero-order chi connectivity index (χ0) is 21.1. The first-order valence-electron chi connectivity index (χ1n) is 11.1. The monoisotopic (exact) mass is 422 g/mol. The van der Waals surface area contributed by atoms with E-state index in [0.29, 0.717) is 30.6 Å². The Morgan fingerprint density at radius 1 is 1.13 bits per heavy atom. The average molecular weight is 422 g/mol. The SMILES string of the molecule is CC1C2Cc3ccc(C(F)(F)F)cc3CN2C(=O)[C@]12CC[C@@H](NC1CCOCC1)C2. The van der Waals surface area contributed by atoms with Crippen LogP contribution in [0.5, 0.6) is 0 Å². The van der Waals surface area contributed by atoms with Crippen molar-refractivity contribution in [2.45, 2.75) is 76.3 Å². The van der Waals surface area contributed by atoms with Gasteiger partial charge in [-0.15, -0.1) is 0 Å². The normalized spacial score (nSPS) is 34.5. The molecule has 7 heteroatoms. The van der Waals surface area contributed by atoms with Crippen molar-refractivity contribution in [1.82, 2.24) is 10.2 Å². The predicted octanol–water partition coefficient (Wildman–Crippen LogP) is 3.92. The van der Waals surface area contributed by atoms with E-state index in [4.69, 9.17) is 4.74 Å². The van der Waals surface area contributed by atoms with Crippen LogP contribution in [0.15, 0.2) is 18.2 Å². The maximum absolute atomic E-state index is 13.6. The van der Waals surface area contributed by atoms with Gasteiger partial charge in [-0.2, -0.15) is 13.2 Å². The fraction of sp³-hybridized carbons (Fsp3) is 0.696. The van der Waals surface area contributed by atoms with Gasteiger partial charge in [-0.25, -0.2) is 0 Å². The lowest BCUT2D eigenvalue weighted by atomic mass is 9.73. The third-order valence-corrected chi connectivity index (χ3v) is 8.08. The standard InChI is InChI=1S/C23H29F3N2O2/c1-14-20-11-15-2-3-17(23(24,25)26)10-16(15)13-28(20)21(29)22(14)7-4-19(12-22)27-18-5-8-30-9-6-18/h2-3,10,14,18-20,27H,4-9,11-13H2,1H3/t14?,19-,20?,22+/m1/s1. The molecule has 1 N–H and O–H groups in total. The van der Waals surface area contributed by atoms with Crippen molar-refractivity contribution in [1.29, 1.82) is 0 Å². The second-order valence-electron chi connectivity index (χ2n) is 9.62. The summed E-state index contributed by atoms with van der Waals surface area (Å²) in [5.74, 6) is 0.362. The van der Waals surface area contributed by atoms with E-state index >= 15 is 0 Å². The van der Waals surface area contributed by atoms with Gasteiger partial charge in [0.15, 0.2) is 0 Å². The van der Waals surface area contributed by atoms with Gasteiger partial charge < -0.3 is 15.0 Å². The van der Waals surface area contributed by atoms with Crippen LogP contribution in [0, 0.1) is 11.3 Å². The van der Waals surface area contributed by atoms with Crippen LogP contribution in [0.25, 0.3) is 0 Å². The lowest BCUT2D eigenvalue weighted by Gasteiger charge is -2.33. The summed E-state index contributed by atoms with van der Waals surface area (Å²) in [4.78, 5) is 15.4. The van der Waals surface area contributed by atoms with Gasteiger partial charge in [0, 0.05) is 37.9 Å². The first-order chi connectivity index (χ1) is 14.3. The number of hydrogen-bond acceptors (Lipinski definition) is 3. The van der Waals surface area contributed by atoms with Gasteiger partial charge in [0.1, 0.15) is 0 Å². The molecule has 164 valence electrons. The summed E-state index contributed by atoms with van der Waals surface area (Å²) >= 11 is 0. The number of nitrogens with zero attached hydrogens (tertiary/aromatic N) is 1. The van der Waals surface area contributed by atoms with Crippen LogP contribution in [0.4, 0.5) is 13.2 Å². The highest BCUT2D eigenvalue weighted by Gasteiger charge is 2.60. The Bertz CT molecular complexity index is 836. The number of hydrogen-bond donors (Lipinski definition) is 1. The van der Waals surface area contributed by atoms with E-state index in [1.54, 1.807) is 6.07 Å². The Balaban J connectivity index is 1.34. The zero-order valence-corrected chi connectivity index (χ0v) is 17.3. The van der Waals surface area contributed by atoms with Crippen molar-refractivity contribution >= 4 is 5.91 Å². The highest BCUT2D eigenvalue weighted by molar-refractivity contribution is 5.87. The van der Waals surface area contributed by atoms with Crippen molar-refractivity contribution in [2.75, 3.05) is 13.2 Å². The molecule has 1 spiro atoms. The van der Waals surface area contributed by atoms with Crippen molar-refractivity contribution in [2.24, 2.45) is 11.3 Å². The van der Waals surface area contributed by atoms with Gasteiger partial charge in [0.05, 0.1) is 11.0 Å². The number of fused-ring (bicyclic) bond motifs is 2. The van der Waals surface area contributed by atoms with Crippen LogP contribution in [0.2, 0.25) is 0 Å². The molecule has 1 saturated carbocycles. The summed E-state index contributed by atoms with van der Waals surface area (Å²) in [7, 11) is 0. The summed E-state index contributed by atoms with van der Waals surface area (Å²) in [6.07, 6.45) is 1.01. The molecule has 1 aromatic carbocycles. The van der Waals surface area contributed by atoms with E-state index in [1.807, 2.05) is 4.90 Å². The number of benzene rings is 1. The Labute approximate surface area is 175 Å². The van der Waals surface area contributed by atoms with Gasteiger partial charge in [-0.05, 0) is 67.7 Å². The summed E-state index contributed by atoms with van der Waals surface area (Å²) < 4.78 is 44.9. The molecule has 5 rings (SSSR count). The van der Waals surface area contributed by atoms with E-state index in [9.17, 15) is 18.0 Å². The van der Waals surface area contributed by atoms with Crippen LogP contribution in [-0.4, -0.2) is 42.1 Å². The predicted molar refractivity (Wildman–Crippen MR) is 106 cm³/mol. The van der Waals surface area contributed by atoms with Gasteiger partial charge >= 0.3 is 6.18 Å². The maximum atomic E-state index is 13.6. The van der Waals surface area contributed by atoms with Crippen molar-refractivity contribution in [3.63, 3.8) is 0 Å².